The molecule has 1 rings (SSSR count). The summed E-state index contributed by atoms with van der Waals surface area (Å²) in [6.45, 7) is 5.19. The molecule has 0 saturated heterocycles. The van der Waals surface area contributed by atoms with Crippen LogP contribution in [-0.2, 0) is 4.79 Å². The molecular formula is C11H11FO2. The first kappa shape index (κ1) is 10.4. The molecule has 2 nitrogen and oxygen atoms in total. The van der Waals surface area contributed by atoms with E-state index in [0.29, 0.717) is 0 Å². The van der Waals surface area contributed by atoms with Gasteiger partial charge in [-0.05, 0) is 17.7 Å². The van der Waals surface area contributed by atoms with Crippen LogP contribution in [0.15, 0.2) is 36.4 Å². The van der Waals surface area contributed by atoms with Gasteiger partial charge >= 0.3 is 5.97 Å². The lowest BCUT2D eigenvalue weighted by molar-refractivity contribution is -0.132. The minimum Gasteiger partial charge on any atom is -0.478 e. The van der Waals surface area contributed by atoms with Gasteiger partial charge in [0.1, 0.15) is 5.82 Å². The third-order valence-electron chi connectivity index (χ3n) is 2.17. The summed E-state index contributed by atoms with van der Waals surface area (Å²) in [6, 6.07) is 5.74. The standard InChI is InChI=1S/C11H11FO2/c1-7(8(2)11(13)14)9-3-5-10(12)6-4-9/h3-7H,2H2,1H3,(H,13,14). The third-order valence-corrected chi connectivity index (χ3v) is 2.17. The van der Waals surface area contributed by atoms with Gasteiger partial charge < -0.3 is 5.11 Å². The monoisotopic (exact) mass is 194 g/mol. The Balaban J connectivity index is 2.89. The van der Waals surface area contributed by atoms with Gasteiger partial charge in [-0.3, -0.25) is 0 Å². The predicted octanol–water partition coefficient (Wildman–Crippen LogP) is 2.57. The molecular weight excluding hydrogens is 183 g/mol. The van der Waals surface area contributed by atoms with Crippen molar-refractivity contribution in [2.75, 3.05) is 0 Å². The van der Waals surface area contributed by atoms with Crippen LogP contribution in [0.3, 0.4) is 0 Å². The molecule has 14 heavy (non-hydrogen) atoms. The maximum atomic E-state index is 12.6. The fraction of sp³-hybridized carbons (Fsp3) is 0.182. The number of hydrogen-bond donors (Lipinski definition) is 1. The van der Waals surface area contributed by atoms with E-state index in [1.165, 1.54) is 12.1 Å². The molecule has 0 aliphatic carbocycles. The van der Waals surface area contributed by atoms with Crippen LogP contribution in [0.25, 0.3) is 0 Å². The molecule has 0 aliphatic rings. The van der Waals surface area contributed by atoms with Crippen molar-refractivity contribution in [3.8, 4) is 0 Å². The summed E-state index contributed by atoms with van der Waals surface area (Å²) < 4.78 is 12.6. The molecule has 74 valence electrons. The van der Waals surface area contributed by atoms with Crippen molar-refractivity contribution in [1.29, 1.82) is 0 Å². The first-order valence-corrected chi connectivity index (χ1v) is 4.20. The maximum Gasteiger partial charge on any atom is 0.331 e. The number of hydrogen-bond acceptors (Lipinski definition) is 1. The molecule has 0 bridgehead atoms. The highest BCUT2D eigenvalue weighted by molar-refractivity contribution is 5.87. The Bertz CT molecular complexity index is 354. The normalized spacial score (nSPS) is 12.1. The van der Waals surface area contributed by atoms with E-state index in [-0.39, 0.29) is 17.3 Å². The number of rotatable bonds is 3. The molecule has 1 atom stereocenters. The zero-order chi connectivity index (χ0) is 10.7. The van der Waals surface area contributed by atoms with Crippen LogP contribution in [0.4, 0.5) is 4.39 Å². The highest BCUT2D eigenvalue weighted by Gasteiger charge is 2.14. The molecule has 1 unspecified atom stereocenters. The van der Waals surface area contributed by atoms with E-state index in [0.717, 1.165) is 5.56 Å². The molecule has 1 aromatic rings. The van der Waals surface area contributed by atoms with Gasteiger partial charge in [0.2, 0.25) is 0 Å². The zero-order valence-corrected chi connectivity index (χ0v) is 7.83. The SMILES string of the molecule is C=C(C(=O)O)C(C)c1ccc(F)cc1. The van der Waals surface area contributed by atoms with Crippen molar-refractivity contribution in [2.24, 2.45) is 0 Å². The molecule has 1 N–H and O–H groups in total. The second kappa shape index (κ2) is 4.05. The fourth-order valence-electron chi connectivity index (χ4n) is 1.14. The highest BCUT2D eigenvalue weighted by atomic mass is 19.1. The molecule has 0 heterocycles. The zero-order valence-electron chi connectivity index (χ0n) is 7.83. The summed E-state index contributed by atoms with van der Waals surface area (Å²) in [6.07, 6.45) is 0. The Morgan fingerprint density at radius 3 is 2.36 bits per heavy atom. The summed E-state index contributed by atoms with van der Waals surface area (Å²) >= 11 is 0. The summed E-state index contributed by atoms with van der Waals surface area (Å²) in [4.78, 5) is 10.6. The number of benzene rings is 1. The highest BCUT2D eigenvalue weighted by Crippen LogP contribution is 2.22. The lowest BCUT2D eigenvalue weighted by Crippen LogP contribution is -2.07. The lowest BCUT2D eigenvalue weighted by atomic mass is 9.94. The second-order valence-electron chi connectivity index (χ2n) is 3.10. The van der Waals surface area contributed by atoms with Crippen molar-refractivity contribution in [3.63, 3.8) is 0 Å². The van der Waals surface area contributed by atoms with Crippen molar-refractivity contribution in [1.82, 2.24) is 0 Å². The average Bonchev–Trinajstić information content (AvgIpc) is 2.16. The van der Waals surface area contributed by atoms with Crippen LogP contribution in [0, 0.1) is 5.82 Å². The van der Waals surface area contributed by atoms with Crippen LogP contribution in [0.2, 0.25) is 0 Å². The summed E-state index contributed by atoms with van der Waals surface area (Å²) in [5.41, 5.74) is 0.857. The van der Waals surface area contributed by atoms with Crippen LogP contribution < -0.4 is 0 Å². The first-order chi connectivity index (χ1) is 6.52. The number of carbonyl (C=O) groups is 1. The maximum absolute atomic E-state index is 12.6. The van der Waals surface area contributed by atoms with Crippen LogP contribution in [-0.4, -0.2) is 11.1 Å². The Labute approximate surface area is 81.7 Å². The Hall–Kier alpha value is -1.64. The van der Waals surface area contributed by atoms with Gasteiger partial charge in [0.15, 0.2) is 0 Å². The molecule has 0 saturated carbocycles. The minimum atomic E-state index is -1.03. The predicted molar refractivity (Wildman–Crippen MR) is 51.6 cm³/mol. The van der Waals surface area contributed by atoms with Crippen molar-refractivity contribution in [2.45, 2.75) is 12.8 Å². The summed E-state index contributed by atoms with van der Waals surface area (Å²) in [5.74, 6) is -1.66. The minimum absolute atomic E-state index is 0.108. The van der Waals surface area contributed by atoms with Crippen molar-refractivity contribution in [3.05, 3.63) is 47.8 Å². The molecule has 3 heteroatoms. The van der Waals surface area contributed by atoms with Gasteiger partial charge in [0.25, 0.3) is 0 Å². The number of carboxylic acids is 1. The van der Waals surface area contributed by atoms with Crippen LogP contribution >= 0.6 is 0 Å². The fourth-order valence-corrected chi connectivity index (χ4v) is 1.14. The van der Waals surface area contributed by atoms with Gasteiger partial charge in [-0.25, -0.2) is 9.18 Å². The number of aliphatic carboxylic acids is 1. The van der Waals surface area contributed by atoms with Gasteiger partial charge in [-0.15, -0.1) is 0 Å². The molecule has 0 aliphatic heterocycles. The largest absolute Gasteiger partial charge is 0.478 e. The van der Waals surface area contributed by atoms with E-state index in [2.05, 4.69) is 6.58 Å². The van der Waals surface area contributed by atoms with Crippen LogP contribution in [0.5, 0.6) is 0 Å². The van der Waals surface area contributed by atoms with Crippen molar-refractivity contribution < 1.29 is 14.3 Å². The van der Waals surface area contributed by atoms with E-state index in [1.807, 2.05) is 0 Å². The molecule has 0 aromatic heterocycles. The van der Waals surface area contributed by atoms with E-state index in [4.69, 9.17) is 5.11 Å². The van der Waals surface area contributed by atoms with Gasteiger partial charge in [0, 0.05) is 11.5 Å². The Morgan fingerprint density at radius 1 is 1.43 bits per heavy atom. The smallest absolute Gasteiger partial charge is 0.331 e. The molecule has 1 aromatic carbocycles. The lowest BCUT2D eigenvalue weighted by Gasteiger charge is -2.11. The Morgan fingerprint density at radius 2 is 1.93 bits per heavy atom. The number of carboxylic acid groups (broad SMARTS) is 1. The molecule has 0 spiro atoms. The quantitative estimate of drug-likeness (QED) is 0.751. The van der Waals surface area contributed by atoms with E-state index < -0.39 is 5.97 Å². The average molecular weight is 194 g/mol. The Kier molecular flexibility index (Phi) is 3.02. The van der Waals surface area contributed by atoms with Gasteiger partial charge in [-0.2, -0.15) is 0 Å². The van der Waals surface area contributed by atoms with E-state index >= 15 is 0 Å². The second-order valence-corrected chi connectivity index (χ2v) is 3.10. The van der Waals surface area contributed by atoms with E-state index in [1.54, 1.807) is 19.1 Å². The molecule has 0 fully saturated rings. The molecule has 0 amide bonds. The third kappa shape index (κ3) is 2.19. The van der Waals surface area contributed by atoms with Gasteiger partial charge in [-0.1, -0.05) is 25.6 Å². The van der Waals surface area contributed by atoms with E-state index in [9.17, 15) is 9.18 Å². The summed E-state index contributed by atoms with van der Waals surface area (Å²) in [7, 11) is 0. The topological polar surface area (TPSA) is 37.3 Å². The van der Waals surface area contributed by atoms with Crippen molar-refractivity contribution >= 4 is 5.97 Å². The first-order valence-electron chi connectivity index (χ1n) is 4.20. The number of halogens is 1. The summed E-state index contributed by atoms with van der Waals surface area (Å²) in [5, 5.41) is 8.69. The molecule has 0 radical (unpaired) electrons. The van der Waals surface area contributed by atoms with Gasteiger partial charge in [0.05, 0.1) is 0 Å². The van der Waals surface area contributed by atoms with Crippen LogP contribution in [0.1, 0.15) is 18.4 Å².